The SMILES string of the molecule is CC(C)c1nccn1Cc1ccc(S(=O)(=O)N(C)C)cc1. The Morgan fingerprint density at radius 1 is 1.19 bits per heavy atom. The van der Waals surface area contributed by atoms with Gasteiger partial charge in [-0.05, 0) is 17.7 Å². The predicted molar refractivity (Wildman–Crippen MR) is 82.7 cm³/mol. The summed E-state index contributed by atoms with van der Waals surface area (Å²) in [6, 6.07) is 6.99. The molecule has 0 saturated carbocycles. The van der Waals surface area contributed by atoms with Crippen LogP contribution in [0.4, 0.5) is 0 Å². The Labute approximate surface area is 126 Å². The molecule has 2 aromatic rings. The summed E-state index contributed by atoms with van der Waals surface area (Å²) in [6.07, 6.45) is 3.74. The van der Waals surface area contributed by atoms with Crippen LogP contribution in [0.3, 0.4) is 0 Å². The first kappa shape index (κ1) is 15.7. The van der Waals surface area contributed by atoms with E-state index in [4.69, 9.17) is 0 Å². The fraction of sp³-hybridized carbons (Fsp3) is 0.400. The van der Waals surface area contributed by atoms with Gasteiger partial charge in [0.25, 0.3) is 0 Å². The molecule has 0 atom stereocenters. The van der Waals surface area contributed by atoms with Crippen molar-refractivity contribution in [2.24, 2.45) is 0 Å². The highest BCUT2D eigenvalue weighted by Gasteiger charge is 2.16. The molecule has 0 amide bonds. The quantitative estimate of drug-likeness (QED) is 0.851. The molecule has 21 heavy (non-hydrogen) atoms. The summed E-state index contributed by atoms with van der Waals surface area (Å²) >= 11 is 0. The summed E-state index contributed by atoms with van der Waals surface area (Å²) in [5.74, 6) is 1.38. The average Bonchev–Trinajstić information content (AvgIpc) is 2.87. The molecule has 0 bridgehead atoms. The lowest BCUT2D eigenvalue weighted by Gasteiger charge is -2.13. The number of rotatable bonds is 5. The number of sulfonamides is 1. The predicted octanol–water partition coefficient (Wildman–Crippen LogP) is 2.31. The van der Waals surface area contributed by atoms with Crippen LogP contribution in [0, 0.1) is 0 Å². The minimum atomic E-state index is -3.36. The number of imidazole rings is 1. The van der Waals surface area contributed by atoms with E-state index in [1.807, 2.05) is 18.3 Å². The highest BCUT2D eigenvalue weighted by atomic mass is 32.2. The lowest BCUT2D eigenvalue weighted by atomic mass is 10.2. The Kier molecular flexibility index (Phi) is 4.49. The van der Waals surface area contributed by atoms with Gasteiger partial charge < -0.3 is 4.57 Å². The second-order valence-corrected chi connectivity index (χ2v) is 7.65. The van der Waals surface area contributed by atoms with E-state index in [2.05, 4.69) is 23.4 Å². The molecule has 0 radical (unpaired) electrons. The van der Waals surface area contributed by atoms with Gasteiger partial charge in [-0.3, -0.25) is 0 Å². The summed E-state index contributed by atoms with van der Waals surface area (Å²) in [4.78, 5) is 4.66. The van der Waals surface area contributed by atoms with Gasteiger partial charge >= 0.3 is 0 Å². The third-order valence-corrected chi connectivity index (χ3v) is 5.15. The topological polar surface area (TPSA) is 55.2 Å². The highest BCUT2D eigenvalue weighted by Crippen LogP contribution is 2.17. The van der Waals surface area contributed by atoms with Crippen molar-refractivity contribution in [2.75, 3.05) is 14.1 Å². The third kappa shape index (κ3) is 3.33. The van der Waals surface area contributed by atoms with Gasteiger partial charge in [-0.25, -0.2) is 17.7 Å². The van der Waals surface area contributed by atoms with Crippen LogP contribution in [0.1, 0.15) is 31.2 Å². The van der Waals surface area contributed by atoms with Crippen molar-refractivity contribution in [3.63, 3.8) is 0 Å². The molecule has 1 aromatic heterocycles. The summed E-state index contributed by atoms with van der Waals surface area (Å²) < 4.78 is 27.3. The number of nitrogens with zero attached hydrogens (tertiary/aromatic N) is 3. The van der Waals surface area contributed by atoms with Gasteiger partial charge in [-0.2, -0.15) is 0 Å². The van der Waals surface area contributed by atoms with Crippen LogP contribution in [0.2, 0.25) is 0 Å². The number of hydrogen-bond acceptors (Lipinski definition) is 3. The molecule has 0 aliphatic heterocycles. The fourth-order valence-corrected chi connectivity index (χ4v) is 3.03. The zero-order valence-corrected chi connectivity index (χ0v) is 13.6. The van der Waals surface area contributed by atoms with Gasteiger partial charge in [0.15, 0.2) is 0 Å². The first-order valence-corrected chi connectivity index (χ1v) is 8.29. The molecule has 0 spiro atoms. The summed E-state index contributed by atoms with van der Waals surface area (Å²) in [7, 11) is -0.300. The Bertz CT molecular complexity index is 701. The zero-order chi connectivity index (χ0) is 15.6. The molecule has 0 saturated heterocycles. The summed E-state index contributed by atoms with van der Waals surface area (Å²) in [5.41, 5.74) is 1.05. The molecular weight excluding hydrogens is 286 g/mol. The maximum Gasteiger partial charge on any atom is 0.242 e. The normalized spacial score (nSPS) is 12.3. The summed E-state index contributed by atoms with van der Waals surface area (Å²) in [5, 5.41) is 0. The van der Waals surface area contributed by atoms with E-state index in [9.17, 15) is 8.42 Å². The van der Waals surface area contributed by atoms with Crippen molar-refractivity contribution >= 4 is 10.0 Å². The monoisotopic (exact) mass is 307 g/mol. The lowest BCUT2D eigenvalue weighted by Crippen LogP contribution is -2.22. The van der Waals surface area contributed by atoms with Crippen LogP contribution in [0.5, 0.6) is 0 Å². The van der Waals surface area contributed by atoms with Crippen molar-refractivity contribution in [3.05, 3.63) is 48.0 Å². The van der Waals surface area contributed by atoms with E-state index in [-0.39, 0.29) is 0 Å². The van der Waals surface area contributed by atoms with Gasteiger partial charge in [0, 0.05) is 39.0 Å². The Hall–Kier alpha value is -1.66. The van der Waals surface area contributed by atoms with Gasteiger partial charge in [-0.1, -0.05) is 26.0 Å². The molecule has 0 aliphatic carbocycles. The van der Waals surface area contributed by atoms with Crippen molar-refractivity contribution in [1.29, 1.82) is 0 Å². The molecule has 5 nitrogen and oxygen atoms in total. The van der Waals surface area contributed by atoms with Gasteiger partial charge in [0.1, 0.15) is 5.82 Å². The van der Waals surface area contributed by atoms with E-state index in [0.717, 1.165) is 11.4 Å². The molecular formula is C15H21N3O2S. The van der Waals surface area contributed by atoms with Crippen LogP contribution in [-0.2, 0) is 16.6 Å². The Balaban J connectivity index is 2.22. The Morgan fingerprint density at radius 3 is 2.33 bits per heavy atom. The number of aromatic nitrogens is 2. The van der Waals surface area contributed by atoms with E-state index < -0.39 is 10.0 Å². The third-order valence-electron chi connectivity index (χ3n) is 3.32. The van der Waals surface area contributed by atoms with E-state index >= 15 is 0 Å². The van der Waals surface area contributed by atoms with E-state index in [1.165, 1.54) is 18.4 Å². The minimum Gasteiger partial charge on any atom is -0.330 e. The second-order valence-electron chi connectivity index (χ2n) is 5.50. The molecule has 0 N–H and O–H groups in total. The molecule has 1 heterocycles. The van der Waals surface area contributed by atoms with Gasteiger partial charge in [-0.15, -0.1) is 0 Å². The fourth-order valence-electron chi connectivity index (χ4n) is 2.13. The lowest BCUT2D eigenvalue weighted by molar-refractivity contribution is 0.520. The van der Waals surface area contributed by atoms with Crippen molar-refractivity contribution < 1.29 is 8.42 Å². The molecule has 0 aliphatic rings. The molecule has 6 heteroatoms. The van der Waals surface area contributed by atoms with E-state index in [0.29, 0.717) is 17.4 Å². The number of hydrogen-bond donors (Lipinski definition) is 0. The van der Waals surface area contributed by atoms with Crippen LogP contribution in [0.15, 0.2) is 41.6 Å². The maximum absolute atomic E-state index is 12.0. The average molecular weight is 307 g/mol. The van der Waals surface area contributed by atoms with Crippen molar-refractivity contribution in [3.8, 4) is 0 Å². The highest BCUT2D eigenvalue weighted by molar-refractivity contribution is 7.89. The van der Waals surface area contributed by atoms with Gasteiger partial charge in [0.2, 0.25) is 10.0 Å². The Morgan fingerprint density at radius 2 is 1.81 bits per heavy atom. The largest absolute Gasteiger partial charge is 0.330 e. The zero-order valence-electron chi connectivity index (χ0n) is 12.8. The maximum atomic E-state index is 12.0. The molecule has 0 fully saturated rings. The number of benzene rings is 1. The van der Waals surface area contributed by atoms with Crippen molar-refractivity contribution in [1.82, 2.24) is 13.9 Å². The van der Waals surface area contributed by atoms with Crippen LogP contribution < -0.4 is 0 Å². The first-order chi connectivity index (χ1) is 9.82. The van der Waals surface area contributed by atoms with Crippen LogP contribution in [-0.4, -0.2) is 36.4 Å². The molecule has 114 valence electrons. The molecule has 0 unspecified atom stereocenters. The second kappa shape index (κ2) is 5.99. The molecule has 1 aromatic carbocycles. The van der Waals surface area contributed by atoms with Gasteiger partial charge in [0.05, 0.1) is 4.90 Å². The first-order valence-electron chi connectivity index (χ1n) is 6.85. The van der Waals surface area contributed by atoms with Crippen LogP contribution in [0.25, 0.3) is 0 Å². The van der Waals surface area contributed by atoms with Crippen LogP contribution >= 0.6 is 0 Å². The van der Waals surface area contributed by atoms with Crippen molar-refractivity contribution in [2.45, 2.75) is 31.2 Å². The summed E-state index contributed by atoms with van der Waals surface area (Å²) in [6.45, 7) is 4.90. The smallest absolute Gasteiger partial charge is 0.242 e. The minimum absolute atomic E-state index is 0.311. The standard InChI is InChI=1S/C15H21N3O2S/c1-12(2)15-16-9-10-18(15)11-13-5-7-14(8-6-13)21(19,20)17(3)4/h5-10,12H,11H2,1-4H3. The molecule has 2 rings (SSSR count). The van der Waals surface area contributed by atoms with E-state index in [1.54, 1.807) is 18.3 Å².